The molecule has 160 valence electrons. The number of aliphatic imine (C=N–C) groups is 1. The molecule has 2 rings (SSSR count). The molecule has 1 fully saturated rings. The highest BCUT2D eigenvalue weighted by Gasteiger charge is 2.20. The molecule has 1 heterocycles. The molecule has 1 aliphatic rings. The lowest BCUT2D eigenvalue weighted by atomic mass is 10.0. The van der Waals surface area contributed by atoms with Gasteiger partial charge in [-0.05, 0) is 56.9 Å². The van der Waals surface area contributed by atoms with Crippen molar-refractivity contribution >= 4 is 29.9 Å². The third-order valence-electron chi connectivity index (χ3n) is 4.55. The summed E-state index contributed by atoms with van der Waals surface area (Å²) < 4.78 is 18.8. The van der Waals surface area contributed by atoms with Crippen molar-refractivity contribution in [2.45, 2.75) is 52.7 Å². The van der Waals surface area contributed by atoms with Crippen molar-refractivity contribution in [3.8, 4) is 5.75 Å². The Kier molecular flexibility index (Phi) is 11.8. The zero-order chi connectivity index (χ0) is 19.6. The molecule has 0 bridgehead atoms. The van der Waals surface area contributed by atoms with Crippen LogP contribution in [-0.2, 0) is 0 Å². The second-order valence-electron chi connectivity index (χ2n) is 7.72. The molecule has 2 N–H and O–H groups in total. The van der Waals surface area contributed by atoms with E-state index in [1.807, 2.05) is 6.92 Å². The van der Waals surface area contributed by atoms with Gasteiger partial charge in [0, 0.05) is 32.2 Å². The van der Waals surface area contributed by atoms with Crippen molar-refractivity contribution in [2.24, 2.45) is 10.9 Å². The number of ether oxygens (including phenoxy) is 1. The van der Waals surface area contributed by atoms with Crippen LogP contribution < -0.4 is 15.4 Å². The Hall–Kier alpha value is -1.09. The third kappa shape index (κ3) is 9.41. The van der Waals surface area contributed by atoms with Crippen LogP contribution in [0, 0.1) is 11.7 Å². The first kappa shape index (κ1) is 24.9. The fraction of sp³-hybridized carbons (Fsp3) is 0.667. The number of likely N-dealkylation sites (tertiary alicyclic amines) is 1. The van der Waals surface area contributed by atoms with Crippen molar-refractivity contribution < 1.29 is 9.13 Å². The standard InChI is InChI=1S/C21H35FN4O.HI/c1-5-23-21(25-19-10-12-26(13-11-19)15-16(2)3)24-14-17(4)27-20-8-6-18(22)7-9-20;/h6-9,16-17,19H,5,10-15H2,1-4H3,(H2,23,24,25);1H. The molecule has 1 saturated heterocycles. The topological polar surface area (TPSA) is 48.9 Å². The summed E-state index contributed by atoms with van der Waals surface area (Å²) in [5.74, 6) is 1.96. The number of hydrogen-bond acceptors (Lipinski definition) is 3. The Morgan fingerprint density at radius 2 is 1.86 bits per heavy atom. The van der Waals surface area contributed by atoms with Crippen molar-refractivity contribution in [3.05, 3.63) is 30.1 Å². The summed E-state index contributed by atoms with van der Waals surface area (Å²) in [7, 11) is 0. The average molecular weight is 506 g/mol. The summed E-state index contributed by atoms with van der Waals surface area (Å²) >= 11 is 0. The summed E-state index contributed by atoms with van der Waals surface area (Å²) in [6, 6.07) is 6.55. The first-order chi connectivity index (χ1) is 13.0. The van der Waals surface area contributed by atoms with Crippen LogP contribution in [0.15, 0.2) is 29.3 Å². The third-order valence-corrected chi connectivity index (χ3v) is 4.55. The second kappa shape index (κ2) is 13.2. The molecule has 1 unspecified atom stereocenters. The number of guanidine groups is 1. The van der Waals surface area contributed by atoms with E-state index in [4.69, 9.17) is 4.74 Å². The first-order valence-corrected chi connectivity index (χ1v) is 10.2. The molecule has 1 atom stereocenters. The van der Waals surface area contributed by atoms with Gasteiger partial charge in [0.2, 0.25) is 0 Å². The zero-order valence-corrected chi connectivity index (χ0v) is 19.9. The number of halogens is 2. The van der Waals surface area contributed by atoms with E-state index < -0.39 is 0 Å². The van der Waals surface area contributed by atoms with Crippen LogP contribution in [0.5, 0.6) is 5.75 Å². The summed E-state index contributed by atoms with van der Waals surface area (Å²) in [5.41, 5.74) is 0. The minimum absolute atomic E-state index is 0. The summed E-state index contributed by atoms with van der Waals surface area (Å²) in [4.78, 5) is 7.22. The van der Waals surface area contributed by atoms with Crippen LogP contribution in [0.3, 0.4) is 0 Å². The average Bonchev–Trinajstić information content (AvgIpc) is 2.63. The molecule has 0 aromatic heterocycles. The Bertz CT molecular complexity index is 574. The number of nitrogens with zero attached hydrogens (tertiary/aromatic N) is 2. The molecule has 1 aromatic carbocycles. The van der Waals surface area contributed by atoms with Crippen LogP contribution in [0.4, 0.5) is 4.39 Å². The summed E-state index contributed by atoms with van der Waals surface area (Å²) in [6.45, 7) is 13.4. The van der Waals surface area contributed by atoms with Gasteiger partial charge < -0.3 is 20.3 Å². The summed E-state index contributed by atoms with van der Waals surface area (Å²) in [6.07, 6.45) is 2.19. The van der Waals surface area contributed by atoms with Crippen LogP contribution in [0.25, 0.3) is 0 Å². The van der Waals surface area contributed by atoms with E-state index >= 15 is 0 Å². The Balaban J connectivity index is 0.00000392. The lowest BCUT2D eigenvalue weighted by Crippen LogP contribution is -2.49. The number of piperidine rings is 1. The van der Waals surface area contributed by atoms with Crippen molar-refractivity contribution in [3.63, 3.8) is 0 Å². The molecule has 0 saturated carbocycles. The first-order valence-electron chi connectivity index (χ1n) is 10.2. The van der Waals surface area contributed by atoms with Gasteiger partial charge in [-0.15, -0.1) is 24.0 Å². The van der Waals surface area contributed by atoms with Crippen molar-refractivity contribution in [2.75, 3.05) is 32.7 Å². The predicted molar refractivity (Wildman–Crippen MR) is 125 cm³/mol. The second-order valence-corrected chi connectivity index (χ2v) is 7.72. The maximum Gasteiger partial charge on any atom is 0.191 e. The Morgan fingerprint density at radius 1 is 1.21 bits per heavy atom. The number of benzene rings is 1. The molecule has 0 amide bonds. The quantitative estimate of drug-likeness (QED) is 0.319. The van der Waals surface area contributed by atoms with E-state index in [1.165, 1.54) is 18.7 Å². The van der Waals surface area contributed by atoms with Gasteiger partial charge in [-0.2, -0.15) is 0 Å². The van der Waals surface area contributed by atoms with Gasteiger partial charge in [0.15, 0.2) is 5.96 Å². The molecule has 1 aromatic rings. The smallest absolute Gasteiger partial charge is 0.191 e. The Labute approximate surface area is 186 Å². The van der Waals surface area contributed by atoms with Gasteiger partial charge >= 0.3 is 0 Å². The monoisotopic (exact) mass is 506 g/mol. The zero-order valence-electron chi connectivity index (χ0n) is 17.6. The number of hydrogen-bond donors (Lipinski definition) is 2. The van der Waals surface area contributed by atoms with Crippen molar-refractivity contribution in [1.82, 2.24) is 15.5 Å². The van der Waals surface area contributed by atoms with Crippen molar-refractivity contribution in [1.29, 1.82) is 0 Å². The molecular formula is C21H36FIN4O. The van der Waals surface area contributed by atoms with E-state index in [0.717, 1.165) is 44.4 Å². The predicted octanol–water partition coefficient (Wildman–Crippen LogP) is 3.89. The van der Waals surface area contributed by atoms with Crippen LogP contribution >= 0.6 is 24.0 Å². The maximum absolute atomic E-state index is 13.0. The number of rotatable bonds is 8. The molecule has 7 heteroatoms. The van der Waals surface area contributed by atoms with E-state index in [9.17, 15) is 4.39 Å². The van der Waals surface area contributed by atoms with Gasteiger partial charge in [0.25, 0.3) is 0 Å². The van der Waals surface area contributed by atoms with E-state index in [2.05, 4.69) is 41.3 Å². The van der Waals surface area contributed by atoms with Gasteiger partial charge in [0.05, 0.1) is 6.54 Å². The molecule has 5 nitrogen and oxygen atoms in total. The van der Waals surface area contributed by atoms with Crippen LogP contribution in [0.2, 0.25) is 0 Å². The highest BCUT2D eigenvalue weighted by molar-refractivity contribution is 14.0. The molecule has 0 aliphatic carbocycles. The summed E-state index contributed by atoms with van der Waals surface area (Å²) in [5, 5.41) is 6.88. The van der Waals surface area contributed by atoms with E-state index in [0.29, 0.717) is 18.3 Å². The largest absolute Gasteiger partial charge is 0.489 e. The Morgan fingerprint density at radius 3 is 2.43 bits per heavy atom. The van der Waals surface area contributed by atoms with Crippen LogP contribution in [0.1, 0.15) is 40.5 Å². The van der Waals surface area contributed by atoms with Gasteiger partial charge in [-0.3, -0.25) is 0 Å². The molecule has 0 spiro atoms. The van der Waals surface area contributed by atoms with Gasteiger partial charge in [-0.1, -0.05) is 13.8 Å². The normalized spacial score (nSPS) is 17.1. The highest BCUT2D eigenvalue weighted by Crippen LogP contribution is 2.14. The van der Waals surface area contributed by atoms with Crippen LogP contribution in [-0.4, -0.2) is 55.7 Å². The molecular weight excluding hydrogens is 470 g/mol. The fourth-order valence-electron chi connectivity index (χ4n) is 3.29. The fourth-order valence-corrected chi connectivity index (χ4v) is 3.29. The minimum atomic E-state index is -0.258. The van der Waals surface area contributed by atoms with E-state index in [1.54, 1.807) is 12.1 Å². The lowest BCUT2D eigenvalue weighted by Gasteiger charge is -2.34. The molecule has 28 heavy (non-hydrogen) atoms. The maximum atomic E-state index is 13.0. The SMILES string of the molecule is CCNC(=NCC(C)Oc1ccc(F)cc1)NC1CCN(CC(C)C)CC1.I. The van der Waals surface area contributed by atoms with Gasteiger partial charge in [0.1, 0.15) is 17.7 Å². The molecule has 1 aliphatic heterocycles. The highest BCUT2D eigenvalue weighted by atomic mass is 127. The molecule has 0 radical (unpaired) electrons. The number of nitrogens with one attached hydrogen (secondary N) is 2. The van der Waals surface area contributed by atoms with Gasteiger partial charge in [-0.25, -0.2) is 9.38 Å². The van der Waals surface area contributed by atoms with E-state index in [-0.39, 0.29) is 35.9 Å². The lowest BCUT2D eigenvalue weighted by molar-refractivity contribution is 0.186. The minimum Gasteiger partial charge on any atom is -0.489 e.